The molecule has 0 bridgehead atoms. The summed E-state index contributed by atoms with van der Waals surface area (Å²) in [6.45, 7) is 0. The molecular formula is C10H9N3O. The largest absolute Gasteiger partial charge is 0.370 e. The average Bonchev–Trinajstić information content (AvgIpc) is 2.44. The molecule has 2 rings (SSSR count). The van der Waals surface area contributed by atoms with Crippen molar-refractivity contribution in [2.45, 2.75) is 0 Å². The summed E-state index contributed by atoms with van der Waals surface area (Å²) in [5.74, 6) is -0.230. The second kappa shape index (κ2) is 2.99. The zero-order valence-corrected chi connectivity index (χ0v) is 7.40. The normalized spacial score (nSPS) is 13.4. The maximum absolute atomic E-state index is 11.6. The molecule has 0 atom stereocenters. The summed E-state index contributed by atoms with van der Waals surface area (Å²) >= 11 is 0. The minimum atomic E-state index is -0.131. The van der Waals surface area contributed by atoms with Crippen LogP contribution in [-0.4, -0.2) is 11.7 Å². The fraction of sp³-hybridized carbons (Fsp3) is 0. The van der Waals surface area contributed by atoms with Crippen molar-refractivity contribution in [1.29, 1.82) is 0 Å². The number of fused-ring (bicyclic) bond motifs is 1. The number of guanidine groups is 1. The Kier molecular flexibility index (Phi) is 1.81. The first kappa shape index (κ1) is 8.50. The molecule has 4 nitrogen and oxygen atoms in total. The van der Waals surface area contributed by atoms with E-state index in [4.69, 9.17) is 11.5 Å². The van der Waals surface area contributed by atoms with E-state index in [-0.39, 0.29) is 11.7 Å². The number of Topliss-reactive ketones (excluding diaryl/α,β-unsaturated/α-hetero) is 1. The zero-order valence-electron chi connectivity index (χ0n) is 7.40. The van der Waals surface area contributed by atoms with Crippen LogP contribution in [0.4, 0.5) is 0 Å². The van der Waals surface area contributed by atoms with Crippen LogP contribution in [0.2, 0.25) is 0 Å². The SMILES string of the molecule is NC(N)=NC1=Cc2ccccc2C1=O. The lowest BCUT2D eigenvalue weighted by Crippen LogP contribution is -2.23. The molecule has 0 saturated carbocycles. The van der Waals surface area contributed by atoms with Gasteiger partial charge in [0.1, 0.15) is 5.70 Å². The maximum Gasteiger partial charge on any atom is 0.212 e. The highest BCUT2D eigenvalue weighted by atomic mass is 16.1. The van der Waals surface area contributed by atoms with Crippen LogP contribution in [0, 0.1) is 0 Å². The smallest absolute Gasteiger partial charge is 0.212 e. The van der Waals surface area contributed by atoms with E-state index in [1.165, 1.54) is 0 Å². The fourth-order valence-corrected chi connectivity index (χ4v) is 1.40. The first-order chi connectivity index (χ1) is 6.68. The summed E-state index contributed by atoms with van der Waals surface area (Å²) in [4.78, 5) is 15.4. The second-order valence-electron chi connectivity index (χ2n) is 2.98. The Bertz CT molecular complexity index is 456. The molecule has 0 amide bonds. The molecule has 1 aromatic carbocycles. The van der Waals surface area contributed by atoms with Crippen molar-refractivity contribution in [3.63, 3.8) is 0 Å². The molecule has 0 aromatic heterocycles. The minimum Gasteiger partial charge on any atom is -0.370 e. The predicted octanol–water partition coefficient (Wildman–Crippen LogP) is 0.497. The van der Waals surface area contributed by atoms with E-state index in [1.807, 2.05) is 18.2 Å². The number of aliphatic imine (C=N–C) groups is 1. The van der Waals surface area contributed by atoms with Crippen LogP contribution in [0.3, 0.4) is 0 Å². The van der Waals surface area contributed by atoms with E-state index >= 15 is 0 Å². The monoisotopic (exact) mass is 187 g/mol. The van der Waals surface area contributed by atoms with Crippen LogP contribution < -0.4 is 11.5 Å². The van der Waals surface area contributed by atoms with Crippen molar-refractivity contribution in [3.05, 3.63) is 41.1 Å². The number of hydrogen-bond acceptors (Lipinski definition) is 2. The third-order valence-electron chi connectivity index (χ3n) is 1.98. The summed E-state index contributed by atoms with van der Waals surface area (Å²) in [5.41, 5.74) is 12.2. The Hall–Kier alpha value is -2.10. The Balaban J connectivity index is 2.47. The van der Waals surface area contributed by atoms with Crippen LogP contribution in [0.15, 0.2) is 35.0 Å². The maximum atomic E-state index is 11.6. The van der Waals surface area contributed by atoms with Gasteiger partial charge in [0.15, 0.2) is 5.96 Å². The molecule has 4 heteroatoms. The number of benzene rings is 1. The van der Waals surface area contributed by atoms with Gasteiger partial charge in [-0.3, -0.25) is 4.79 Å². The third-order valence-corrected chi connectivity index (χ3v) is 1.98. The number of ketones is 1. The lowest BCUT2D eigenvalue weighted by molar-refractivity contribution is 0.103. The number of nitrogens with zero attached hydrogens (tertiary/aromatic N) is 1. The minimum absolute atomic E-state index is 0.0996. The molecule has 14 heavy (non-hydrogen) atoms. The van der Waals surface area contributed by atoms with Gasteiger partial charge in [-0.15, -0.1) is 0 Å². The predicted molar refractivity (Wildman–Crippen MR) is 54.6 cm³/mol. The van der Waals surface area contributed by atoms with Crippen LogP contribution >= 0.6 is 0 Å². The molecule has 0 radical (unpaired) electrons. The Morgan fingerprint density at radius 1 is 1.21 bits per heavy atom. The summed E-state index contributed by atoms with van der Waals surface area (Å²) in [7, 11) is 0. The third kappa shape index (κ3) is 1.26. The summed E-state index contributed by atoms with van der Waals surface area (Å²) in [6.07, 6.45) is 1.68. The molecule has 70 valence electrons. The molecule has 1 aliphatic carbocycles. The van der Waals surface area contributed by atoms with E-state index in [0.29, 0.717) is 11.3 Å². The van der Waals surface area contributed by atoms with E-state index in [2.05, 4.69) is 4.99 Å². The molecular weight excluding hydrogens is 178 g/mol. The van der Waals surface area contributed by atoms with Gasteiger partial charge in [0, 0.05) is 5.56 Å². The number of rotatable bonds is 1. The molecule has 0 heterocycles. The summed E-state index contributed by atoms with van der Waals surface area (Å²) in [5, 5.41) is 0. The van der Waals surface area contributed by atoms with Crippen LogP contribution in [-0.2, 0) is 0 Å². The molecule has 4 N–H and O–H groups in total. The quantitative estimate of drug-likeness (QED) is 0.496. The van der Waals surface area contributed by atoms with Crippen molar-refractivity contribution in [3.8, 4) is 0 Å². The molecule has 0 aliphatic heterocycles. The first-order valence-corrected chi connectivity index (χ1v) is 4.13. The van der Waals surface area contributed by atoms with Gasteiger partial charge in [0.05, 0.1) is 0 Å². The van der Waals surface area contributed by atoms with Crippen LogP contribution in [0.5, 0.6) is 0 Å². The summed E-state index contributed by atoms with van der Waals surface area (Å²) < 4.78 is 0. The Morgan fingerprint density at radius 2 is 1.93 bits per heavy atom. The van der Waals surface area contributed by atoms with Crippen molar-refractivity contribution in [2.75, 3.05) is 0 Å². The Morgan fingerprint density at radius 3 is 2.57 bits per heavy atom. The number of carbonyl (C=O) groups excluding carboxylic acids is 1. The highest BCUT2D eigenvalue weighted by Gasteiger charge is 2.21. The van der Waals surface area contributed by atoms with Crippen LogP contribution in [0.1, 0.15) is 15.9 Å². The highest BCUT2D eigenvalue weighted by Crippen LogP contribution is 2.24. The lowest BCUT2D eigenvalue weighted by atomic mass is 10.1. The number of nitrogens with two attached hydrogens (primary N) is 2. The standard InChI is InChI=1S/C10H9N3O/c11-10(12)13-8-5-6-3-1-2-4-7(6)9(8)14/h1-5H,(H4,11,12,13,14). The highest BCUT2D eigenvalue weighted by molar-refractivity contribution is 6.18. The number of hydrogen-bond donors (Lipinski definition) is 2. The first-order valence-electron chi connectivity index (χ1n) is 4.13. The van der Waals surface area contributed by atoms with E-state index in [0.717, 1.165) is 5.56 Å². The van der Waals surface area contributed by atoms with E-state index in [1.54, 1.807) is 12.1 Å². The molecule has 0 fully saturated rings. The van der Waals surface area contributed by atoms with Crippen LogP contribution in [0.25, 0.3) is 6.08 Å². The van der Waals surface area contributed by atoms with Gasteiger partial charge in [-0.1, -0.05) is 24.3 Å². The average molecular weight is 187 g/mol. The zero-order chi connectivity index (χ0) is 10.1. The van der Waals surface area contributed by atoms with Gasteiger partial charge in [-0.25, -0.2) is 4.99 Å². The second-order valence-corrected chi connectivity index (χ2v) is 2.98. The number of allylic oxidation sites excluding steroid dienone is 1. The van der Waals surface area contributed by atoms with Crippen molar-refractivity contribution in [2.24, 2.45) is 16.5 Å². The lowest BCUT2D eigenvalue weighted by Gasteiger charge is -1.94. The van der Waals surface area contributed by atoms with Gasteiger partial charge in [0.25, 0.3) is 0 Å². The molecule has 0 saturated heterocycles. The van der Waals surface area contributed by atoms with Gasteiger partial charge in [-0.05, 0) is 11.6 Å². The molecule has 0 spiro atoms. The molecule has 0 unspecified atom stereocenters. The van der Waals surface area contributed by atoms with Crippen molar-refractivity contribution < 1.29 is 4.79 Å². The van der Waals surface area contributed by atoms with Gasteiger partial charge in [0.2, 0.25) is 5.78 Å². The fourth-order valence-electron chi connectivity index (χ4n) is 1.40. The van der Waals surface area contributed by atoms with Gasteiger partial charge in [-0.2, -0.15) is 0 Å². The van der Waals surface area contributed by atoms with E-state index < -0.39 is 0 Å². The van der Waals surface area contributed by atoms with Crippen molar-refractivity contribution in [1.82, 2.24) is 0 Å². The van der Waals surface area contributed by atoms with Gasteiger partial charge < -0.3 is 11.5 Å². The molecule has 1 aromatic rings. The Labute approximate surface area is 80.9 Å². The van der Waals surface area contributed by atoms with E-state index in [9.17, 15) is 4.79 Å². The van der Waals surface area contributed by atoms with Gasteiger partial charge >= 0.3 is 0 Å². The topological polar surface area (TPSA) is 81.5 Å². The summed E-state index contributed by atoms with van der Waals surface area (Å²) in [6, 6.07) is 7.27. The number of carbonyl (C=O) groups is 1. The van der Waals surface area contributed by atoms with Crippen molar-refractivity contribution >= 4 is 17.8 Å². The molecule has 1 aliphatic rings.